The van der Waals surface area contributed by atoms with Crippen molar-refractivity contribution < 1.29 is 18.8 Å². The van der Waals surface area contributed by atoms with Crippen LogP contribution in [0.1, 0.15) is 47.9 Å². The highest BCUT2D eigenvalue weighted by molar-refractivity contribution is 6.30. The van der Waals surface area contributed by atoms with Crippen molar-refractivity contribution in [1.82, 2.24) is 15.2 Å². The summed E-state index contributed by atoms with van der Waals surface area (Å²) < 4.78 is 6.04. The molecular formula is C26H20N4O4. The Morgan fingerprint density at radius 1 is 0.971 bits per heavy atom. The maximum atomic E-state index is 12.9. The highest BCUT2D eigenvalue weighted by Crippen LogP contribution is 2.43. The fourth-order valence-electron chi connectivity index (χ4n) is 4.89. The van der Waals surface area contributed by atoms with Crippen LogP contribution in [-0.4, -0.2) is 34.7 Å². The van der Waals surface area contributed by atoms with Crippen molar-refractivity contribution in [3.8, 4) is 0 Å². The maximum Gasteiger partial charge on any atom is 0.261 e. The van der Waals surface area contributed by atoms with Crippen molar-refractivity contribution in [2.75, 3.05) is 12.8 Å². The van der Waals surface area contributed by atoms with E-state index in [1.54, 1.807) is 30.3 Å². The molecule has 3 amide bonds. The van der Waals surface area contributed by atoms with Crippen LogP contribution in [0, 0.1) is 13.8 Å². The number of rotatable bonds is 3. The third-order valence-electron chi connectivity index (χ3n) is 6.69. The van der Waals surface area contributed by atoms with Crippen molar-refractivity contribution in [2.24, 2.45) is 0 Å². The van der Waals surface area contributed by atoms with E-state index in [0.717, 1.165) is 43.3 Å². The first-order valence-corrected chi connectivity index (χ1v) is 10.8. The molecule has 0 aliphatic carbocycles. The molecule has 0 saturated carbocycles. The number of carbonyl (C=O) groups is 3. The van der Waals surface area contributed by atoms with Crippen LogP contribution in [0.25, 0.3) is 32.7 Å². The van der Waals surface area contributed by atoms with E-state index in [0.29, 0.717) is 40.2 Å². The average molecular weight is 452 g/mol. The van der Waals surface area contributed by atoms with Gasteiger partial charge in [0, 0.05) is 46.4 Å². The summed E-state index contributed by atoms with van der Waals surface area (Å²) in [6.45, 7) is 4.14. The van der Waals surface area contributed by atoms with Gasteiger partial charge in [-0.25, -0.2) is 4.98 Å². The Morgan fingerprint density at radius 2 is 1.59 bits per heavy atom. The molecule has 0 atom stereocenters. The molecule has 1 aliphatic heterocycles. The smallest absolute Gasteiger partial charge is 0.261 e. The lowest BCUT2D eigenvalue weighted by molar-refractivity contribution is 0.0692. The van der Waals surface area contributed by atoms with E-state index in [1.807, 2.05) is 19.9 Å². The fourth-order valence-corrected chi connectivity index (χ4v) is 4.89. The van der Waals surface area contributed by atoms with Gasteiger partial charge in [-0.15, -0.1) is 0 Å². The number of pyridine rings is 1. The highest BCUT2D eigenvalue weighted by atomic mass is 16.3. The zero-order chi connectivity index (χ0) is 23.9. The molecule has 0 unspecified atom stereocenters. The Kier molecular flexibility index (Phi) is 4.02. The van der Waals surface area contributed by atoms with Crippen LogP contribution < -0.4 is 11.1 Å². The van der Waals surface area contributed by atoms with Crippen LogP contribution in [0.2, 0.25) is 0 Å². The molecule has 0 saturated heterocycles. The Morgan fingerprint density at radius 3 is 2.24 bits per heavy atom. The van der Waals surface area contributed by atoms with Crippen molar-refractivity contribution in [1.29, 1.82) is 0 Å². The lowest BCUT2D eigenvalue weighted by Gasteiger charge is -2.11. The number of imide groups is 1. The largest absolute Gasteiger partial charge is 0.455 e. The number of aromatic nitrogens is 1. The summed E-state index contributed by atoms with van der Waals surface area (Å²) in [5.41, 5.74) is 11.0. The summed E-state index contributed by atoms with van der Waals surface area (Å²) in [6.07, 6.45) is 0. The molecule has 8 nitrogen and oxygen atoms in total. The number of nitrogen functional groups attached to an aromatic ring is 1. The molecular weight excluding hydrogens is 432 g/mol. The van der Waals surface area contributed by atoms with Gasteiger partial charge in [-0.2, -0.15) is 0 Å². The molecule has 34 heavy (non-hydrogen) atoms. The second kappa shape index (κ2) is 6.77. The molecule has 8 heteroatoms. The van der Waals surface area contributed by atoms with E-state index in [4.69, 9.17) is 10.2 Å². The van der Waals surface area contributed by atoms with Gasteiger partial charge in [0.2, 0.25) is 0 Å². The average Bonchev–Trinajstić information content (AvgIpc) is 3.43. The number of benzene rings is 3. The molecule has 0 radical (unpaired) electrons. The second-order valence-electron chi connectivity index (χ2n) is 8.74. The minimum absolute atomic E-state index is 0.219. The SMILES string of the molecule is Cc1cc(N)nc(C)c1CNC(=O)c1ccc2c(c1)c1oc2c2cc3c(cc21)C(=O)N(C)C3=O. The summed E-state index contributed by atoms with van der Waals surface area (Å²) in [5, 5.41) is 6.16. The van der Waals surface area contributed by atoms with E-state index in [2.05, 4.69) is 10.3 Å². The van der Waals surface area contributed by atoms with E-state index < -0.39 is 0 Å². The van der Waals surface area contributed by atoms with Gasteiger partial charge < -0.3 is 15.5 Å². The zero-order valence-electron chi connectivity index (χ0n) is 18.8. The summed E-state index contributed by atoms with van der Waals surface area (Å²) >= 11 is 0. The van der Waals surface area contributed by atoms with Crippen molar-refractivity contribution >= 4 is 56.3 Å². The molecule has 3 aromatic heterocycles. The van der Waals surface area contributed by atoms with Gasteiger partial charge in [-0.1, -0.05) is 0 Å². The Balaban J connectivity index is 1.38. The van der Waals surface area contributed by atoms with Gasteiger partial charge in [0.1, 0.15) is 17.0 Å². The van der Waals surface area contributed by atoms with E-state index in [9.17, 15) is 14.4 Å². The van der Waals surface area contributed by atoms with E-state index in [-0.39, 0.29) is 17.7 Å². The van der Waals surface area contributed by atoms with Gasteiger partial charge in [0.05, 0.1) is 11.1 Å². The minimum Gasteiger partial charge on any atom is -0.455 e. The predicted octanol–water partition coefficient (Wildman–Crippen LogP) is 3.93. The van der Waals surface area contributed by atoms with Crippen molar-refractivity contribution in [2.45, 2.75) is 20.4 Å². The zero-order valence-corrected chi connectivity index (χ0v) is 18.8. The molecule has 2 aromatic carbocycles. The number of hydrogen-bond acceptors (Lipinski definition) is 6. The van der Waals surface area contributed by atoms with Gasteiger partial charge in [0.15, 0.2) is 0 Å². The van der Waals surface area contributed by atoms with E-state index >= 15 is 0 Å². The fraction of sp³-hybridized carbons (Fsp3) is 0.154. The van der Waals surface area contributed by atoms with Gasteiger partial charge in [0.25, 0.3) is 17.7 Å². The number of aryl methyl sites for hydroxylation is 2. The second-order valence-corrected chi connectivity index (χ2v) is 8.74. The van der Waals surface area contributed by atoms with Crippen LogP contribution in [-0.2, 0) is 6.54 Å². The third-order valence-corrected chi connectivity index (χ3v) is 6.69. The van der Waals surface area contributed by atoms with Crippen molar-refractivity contribution in [3.05, 3.63) is 69.9 Å². The van der Waals surface area contributed by atoms with Gasteiger partial charge in [-0.3, -0.25) is 19.3 Å². The van der Waals surface area contributed by atoms with Gasteiger partial charge in [-0.05, 0) is 61.4 Å². The Labute approximate surface area is 193 Å². The molecule has 2 bridgehead atoms. The number of anilines is 1. The summed E-state index contributed by atoms with van der Waals surface area (Å²) in [4.78, 5) is 43.2. The van der Waals surface area contributed by atoms with Crippen LogP contribution in [0.3, 0.4) is 0 Å². The number of nitrogens with one attached hydrogen (secondary N) is 1. The first-order chi connectivity index (χ1) is 16.2. The number of fused-ring (bicyclic) bond motifs is 9. The maximum absolute atomic E-state index is 12.9. The molecule has 5 aromatic rings. The minimum atomic E-state index is -0.327. The summed E-state index contributed by atoms with van der Waals surface area (Å²) in [5.74, 6) is -0.405. The van der Waals surface area contributed by atoms with Crippen LogP contribution >= 0.6 is 0 Å². The predicted molar refractivity (Wildman–Crippen MR) is 128 cm³/mol. The standard InChI is InChI=1S/C26H20N4O4/c1-11-6-21(27)29-12(2)20(11)10-28-24(31)13-4-5-14-15(7-13)23-17-9-19-18(8-16(17)22(14)34-23)25(32)30(3)26(19)33/h4-9H,10H2,1-3H3,(H2,27,29)(H,28,31). The highest BCUT2D eigenvalue weighted by Gasteiger charge is 2.34. The van der Waals surface area contributed by atoms with Crippen LogP contribution in [0.5, 0.6) is 0 Å². The van der Waals surface area contributed by atoms with Crippen LogP contribution in [0.4, 0.5) is 5.82 Å². The lowest BCUT2D eigenvalue weighted by Crippen LogP contribution is -2.24. The van der Waals surface area contributed by atoms with Gasteiger partial charge >= 0.3 is 0 Å². The summed E-state index contributed by atoms with van der Waals surface area (Å²) in [6, 6.07) is 10.6. The molecule has 0 fully saturated rings. The number of furan rings is 2. The number of nitrogens with zero attached hydrogens (tertiary/aromatic N) is 2. The lowest BCUT2D eigenvalue weighted by atomic mass is 9.97. The topological polar surface area (TPSA) is 119 Å². The van der Waals surface area contributed by atoms with E-state index in [1.165, 1.54) is 7.05 Å². The first kappa shape index (κ1) is 20.2. The van der Waals surface area contributed by atoms with Crippen molar-refractivity contribution in [3.63, 3.8) is 0 Å². The number of nitrogens with two attached hydrogens (primary N) is 1. The summed E-state index contributed by atoms with van der Waals surface area (Å²) in [7, 11) is 1.48. The molecule has 6 rings (SSSR count). The molecule has 0 spiro atoms. The third kappa shape index (κ3) is 2.65. The number of carbonyl (C=O) groups excluding carboxylic acids is 3. The van der Waals surface area contributed by atoms with Crippen LogP contribution in [0.15, 0.2) is 40.8 Å². The Hall–Kier alpha value is -4.46. The number of hydrogen-bond donors (Lipinski definition) is 2. The normalized spacial score (nSPS) is 13.6. The quantitative estimate of drug-likeness (QED) is 0.316. The number of amides is 3. The molecule has 1 aliphatic rings. The Bertz CT molecular complexity index is 1690. The molecule has 3 N–H and O–H groups in total. The first-order valence-electron chi connectivity index (χ1n) is 10.8. The molecule has 168 valence electrons. The molecule has 4 heterocycles. The monoisotopic (exact) mass is 452 g/mol.